The van der Waals surface area contributed by atoms with Crippen LogP contribution in [0.5, 0.6) is 0 Å². The van der Waals surface area contributed by atoms with Gasteiger partial charge in [-0.05, 0) is 24.6 Å². The van der Waals surface area contributed by atoms with E-state index in [4.69, 9.17) is 0 Å². The first kappa shape index (κ1) is 13.5. The summed E-state index contributed by atoms with van der Waals surface area (Å²) < 4.78 is 1.93. The topological polar surface area (TPSA) is 71.9 Å². The van der Waals surface area contributed by atoms with Crippen LogP contribution in [0.25, 0.3) is 0 Å². The van der Waals surface area contributed by atoms with E-state index in [1.54, 1.807) is 12.1 Å². The number of nitrogens with zero attached hydrogens (tertiary/aromatic N) is 1. The molecule has 1 N–H and O–H groups in total. The van der Waals surface area contributed by atoms with Gasteiger partial charge >= 0.3 is 5.69 Å². The minimum Gasteiger partial charge on any atom is -0.313 e. The van der Waals surface area contributed by atoms with E-state index in [0.29, 0.717) is 0 Å². The summed E-state index contributed by atoms with van der Waals surface area (Å²) in [6, 6.07) is 7.25. The molecule has 0 bridgehead atoms. The van der Waals surface area contributed by atoms with Crippen LogP contribution in [0.15, 0.2) is 44.5 Å². The van der Waals surface area contributed by atoms with Gasteiger partial charge in [0.15, 0.2) is 5.78 Å². The first-order chi connectivity index (χ1) is 8.99. The molecular weight excluding hydrogens is 312 g/mol. The van der Waals surface area contributed by atoms with E-state index >= 15 is 0 Å². The van der Waals surface area contributed by atoms with E-state index < -0.39 is 11.2 Å². The molecule has 0 spiro atoms. The molecule has 0 aliphatic carbocycles. The lowest BCUT2D eigenvalue weighted by Gasteiger charge is -2.06. The second-order valence-corrected chi connectivity index (χ2v) is 5.00. The number of hydrogen-bond donors (Lipinski definition) is 1. The molecule has 1 heterocycles. The van der Waals surface area contributed by atoms with Gasteiger partial charge in [-0.1, -0.05) is 28.1 Å². The molecule has 0 aliphatic heterocycles. The lowest BCUT2D eigenvalue weighted by molar-refractivity contribution is 0.101. The fourth-order valence-electron chi connectivity index (χ4n) is 1.68. The Balaban J connectivity index is 2.48. The van der Waals surface area contributed by atoms with Crippen molar-refractivity contribution in [1.82, 2.24) is 9.55 Å². The summed E-state index contributed by atoms with van der Waals surface area (Å²) >= 11 is 3.31. The normalized spacial score (nSPS) is 10.4. The Bertz CT molecular complexity index is 729. The second kappa shape index (κ2) is 5.36. The lowest BCUT2D eigenvalue weighted by atomic mass is 10.2. The lowest BCUT2D eigenvalue weighted by Crippen LogP contribution is -2.37. The van der Waals surface area contributed by atoms with Gasteiger partial charge in [0.05, 0.1) is 12.1 Å². The highest BCUT2D eigenvalue weighted by Gasteiger charge is 2.11. The molecule has 19 heavy (non-hydrogen) atoms. The molecular formula is C13H11BrN2O3. The predicted octanol–water partition coefficient (Wildman–Crippen LogP) is 1.55. The van der Waals surface area contributed by atoms with Gasteiger partial charge in [-0.3, -0.25) is 14.2 Å². The fraction of sp³-hybridized carbons (Fsp3) is 0.154. The van der Waals surface area contributed by atoms with Crippen LogP contribution in [-0.4, -0.2) is 15.3 Å². The first-order valence-corrected chi connectivity index (χ1v) is 6.36. The number of nitrogens with one attached hydrogen (secondary N) is 1. The highest BCUT2D eigenvalue weighted by molar-refractivity contribution is 9.10. The Labute approximate surface area is 117 Å². The zero-order chi connectivity index (χ0) is 14.0. The number of carbonyl (C=O) groups is 1. The molecule has 0 saturated carbocycles. The molecule has 0 unspecified atom stereocenters. The molecule has 1 aromatic heterocycles. The summed E-state index contributed by atoms with van der Waals surface area (Å²) in [5.41, 5.74) is -0.315. The van der Waals surface area contributed by atoms with Gasteiger partial charge in [0, 0.05) is 10.7 Å². The summed E-state index contributed by atoms with van der Waals surface area (Å²) in [4.78, 5) is 37.4. The second-order valence-electron chi connectivity index (χ2n) is 4.08. The highest BCUT2D eigenvalue weighted by Crippen LogP contribution is 2.10. The highest BCUT2D eigenvalue weighted by atomic mass is 79.9. The van der Waals surface area contributed by atoms with Crippen molar-refractivity contribution in [3.05, 3.63) is 66.9 Å². The minimum absolute atomic E-state index is 0.0169. The molecule has 2 aromatic rings. The van der Waals surface area contributed by atoms with E-state index in [2.05, 4.69) is 20.9 Å². The van der Waals surface area contributed by atoms with Crippen molar-refractivity contribution in [2.45, 2.75) is 13.5 Å². The Morgan fingerprint density at radius 2 is 1.89 bits per heavy atom. The summed E-state index contributed by atoms with van der Waals surface area (Å²) in [5, 5.41) is 0. The molecule has 1 aromatic carbocycles. The molecule has 0 saturated heterocycles. The number of carbonyl (C=O) groups excluding carboxylic acids is 1. The molecule has 0 radical (unpaired) electrons. The molecule has 2 rings (SSSR count). The standard InChI is InChI=1S/C13H11BrN2O3/c1-8(17)11-6-15-13(19)16(12(11)18)7-9-2-4-10(14)5-3-9/h2-6H,7H2,1H3,(H,15,19). The first-order valence-electron chi connectivity index (χ1n) is 5.57. The Kier molecular flexibility index (Phi) is 3.80. The summed E-state index contributed by atoms with van der Waals surface area (Å²) in [5.74, 6) is -0.370. The molecule has 0 amide bonds. The van der Waals surface area contributed by atoms with Crippen molar-refractivity contribution in [3.63, 3.8) is 0 Å². The van der Waals surface area contributed by atoms with E-state index in [9.17, 15) is 14.4 Å². The number of benzene rings is 1. The Hall–Kier alpha value is -1.95. The summed E-state index contributed by atoms with van der Waals surface area (Å²) in [7, 11) is 0. The monoisotopic (exact) mass is 322 g/mol. The SMILES string of the molecule is CC(=O)c1c[nH]c(=O)n(Cc2ccc(Br)cc2)c1=O. The van der Waals surface area contributed by atoms with Gasteiger partial charge in [-0.2, -0.15) is 0 Å². The summed E-state index contributed by atoms with van der Waals surface area (Å²) in [6.07, 6.45) is 1.16. The third kappa shape index (κ3) is 2.90. The summed E-state index contributed by atoms with van der Waals surface area (Å²) in [6.45, 7) is 1.42. The van der Waals surface area contributed by atoms with E-state index in [0.717, 1.165) is 20.8 Å². The van der Waals surface area contributed by atoms with E-state index in [-0.39, 0.29) is 17.9 Å². The number of rotatable bonds is 3. The third-order valence-electron chi connectivity index (χ3n) is 2.69. The maximum atomic E-state index is 12.0. The van der Waals surface area contributed by atoms with Crippen LogP contribution < -0.4 is 11.2 Å². The van der Waals surface area contributed by atoms with Crippen molar-refractivity contribution >= 4 is 21.7 Å². The van der Waals surface area contributed by atoms with Crippen LogP contribution >= 0.6 is 15.9 Å². The van der Waals surface area contributed by atoms with Crippen LogP contribution in [0, 0.1) is 0 Å². The van der Waals surface area contributed by atoms with E-state index in [1.165, 1.54) is 6.92 Å². The number of hydrogen-bond acceptors (Lipinski definition) is 3. The zero-order valence-corrected chi connectivity index (χ0v) is 11.7. The van der Waals surface area contributed by atoms with Gasteiger partial charge in [-0.15, -0.1) is 0 Å². The van der Waals surface area contributed by atoms with Crippen LogP contribution in [0.1, 0.15) is 22.8 Å². The number of aromatic amines is 1. The number of ketones is 1. The largest absolute Gasteiger partial charge is 0.328 e. The average Bonchev–Trinajstić information content (AvgIpc) is 2.36. The van der Waals surface area contributed by atoms with E-state index in [1.807, 2.05) is 12.1 Å². The Morgan fingerprint density at radius 1 is 1.26 bits per heavy atom. The number of halogens is 1. The maximum absolute atomic E-state index is 12.0. The molecule has 6 heteroatoms. The molecule has 0 atom stereocenters. The van der Waals surface area contributed by atoms with Gasteiger partial charge in [0.2, 0.25) is 0 Å². The van der Waals surface area contributed by atoms with Crippen molar-refractivity contribution in [1.29, 1.82) is 0 Å². The smallest absolute Gasteiger partial charge is 0.313 e. The molecule has 5 nitrogen and oxygen atoms in total. The number of aromatic nitrogens is 2. The van der Waals surface area contributed by atoms with Crippen LogP contribution in [-0.2, 0) is 6.54 Å². The maximum Gasteiger partial charge on any atom is 0.328 e. The predicted molar refractivity (Wildman–Crippen MR) is 74.6 cm³/mol. The van der Waals surface area contributed by atoms with Crippen LogP contribution in [0.4, 0.5) is 0 Å². The number of H-pyrrole nitrogens is 1. The zero-order valence-electron chi connectivity index (χ0n) is 10.1. The Morgan fingerprint density at radius 3 is 2.47 bits per heavy atom. The minimum atomic E-state index is -0.570. The van der Waals surface area contributed by atoms with Gasteiger partial charge in [0.1, 0.15) is 0 Å². The number of Topliss-reactive ketones (excluding diaryl/α,β-unsaturated/α-hetero) is 1. The van der Waals surface area contributed by atoms with Crippen molar-refractivity contribution < 1.29 is 4.79 Å². The van der Waals surface area contributed by atoms with Crippen molar-refractivity contribution in [2.75, 3.05) is 0 Å². The van der Waals surface area contributed by atoms with Gasteiger partial charge in [0.25, 0.3) is 5.56 Å². The van der Waals surface area contributed by atoms with Gasteiger partial charge in [-0.25, -0.2) is 4.79 Å². The van der Waals surface area contributed by atoms with Crippen LogP contribution in [0.3, 0.4) is 0 Å². The van der Waals surface area contributed by atoms with Crippen LogP contribution in [0.2, 0.25) is 0 Å². The molecule has 98 valence electrons. The fourth-order valence-corrected chi connectivity index (χ4v) is 1.94. The van der Waals surface area contributed by atoms with Gasteiger partial charge < -0.3 is 4.98 Å². The third-order valence-corrected chi connectivity index (χ3v) is 3.22. The van der Waals surface area contributed by atoms with Crippen molar-refractivity contribution in [3.8, 4) is 0 Å². The molecule has 0 aliphatic rings. The average molecular weight is 323 g/mol. The quantitative estimate of drug-likeness (QED) is 0.871. The molecule has 0 fully saturated rings. The van der Waals surface area contributed by atoms with Crippen molar-refractivity contribution in [2.24, 2.45) is 0 Å².